The monoisotopic (exact) mass is 217 g/mol. The molecule has 0 bridgehead atoms. The molecule has 3 rings (SSSR count). The molecule has 2 heteroatoms. The SMILES string of the molecule is NC1(c2cccc(C3CCOC3)c2)CCC1. The van der Waals surface area contributed by atoms with Crippen molar-refractivity contribution in [3.8, 4) is 0 Å². The summed E-state index contributed by atoms with van der Waals surface area (Å²) in [5.74, 6) is 0.587. The zero-order valence-corrected chi connectivity index (χ0v) is 9.61. The second-order valence-electron chi connectivity index (χ2n) is 5.20. The number of rotatable bonds is 2. The summed E-state index contributed by atoms with van der Waals surface area (Å²) < 4.78 is 5.45. The molecule has 0 amide bonds. The van der Waals surface area contributed by atoms with Gasteiger partial charge in [-0.3, -0.25) is 0 Å². The van der Waals surface area contributed by atoms with Gasteiger partial charge in [-0.1, -0.05) is 24.3 Å². The average molecular weight is 217 g/mol. The van der Waals surface area contributed by atoms with Gasteiger partial charge in [0, 0.05) is 18.1 Å². The van der Waals surface area contributed by atoms with Crippen LogP contribution in [0.3, 0.4) is 0 Å². The smallest absolute Gasteiger partial charge is 0.0535 e. The summed E-state index contributed by atoms with van der Waals surface area (Å²) in [7, 11) is 0. The lowest BCUT2D eigenvalue weighted by atomic mass is 9.72. The van der Waals surface area contributed by atoms with E-state index in [4.69, 9.17) is 10.5 Å². The van der Waals surface area contributed by atoms with Crippen molar-refractivity contribution in [2.24, 2.45) is 5.73 Å². The fourth-order valence-corrected chi connectivity index (χ4v) is 2.75. The Hall–Kier alpha value is -0.860. The number of hydrogen-bond donors (Lipinski definition) is 1. The van der Waals surface area contributed by atoms with Crippen molar-refractivity contribution in [3.05, 3.63) is 35.4 Å². The second-order valence-corrected chi connectivity index (χ2v) is 5.20. The number of hydrogen-bond acceptors (Lipinski definition) is 2. The summed E-state index contributed by atoms with van der Waals surface area (Å²) in [6.45, 7) is 1.78. The summed E-state index contributed by atoms with van der Waals surface area (Å²) >= 11 is 0. The minimum atomic E-state index is -0.0323. The molecule has 0 aromatic heterocycles. The lowest BCUT2D eigenvalue weighted by Crippen LogP contribution is -2.43. The predicted octanol–water partition coefficient (Wildman–Crippen LogP) is 2.53. The van der Waals surface area contributed by atoms with Gasteiger partial charge in [-0.15, -0.1) is 0 Å². The van der Waals surface area contributed by atoms with E-state index in [0.29, 0.717) is 5.92 Å². The third-order valence-electron chi connectivity index (χ3n) is 4.11. The first-order valence-electron chi connectivity index (χ1n) is 6.25. The maximum atomic E-state index is 6.36. The lowest BCUT2D eigenvalue weighted by molar-refractivity contribution is 0.194. The first-order chi connectivity index (χ1) is 7.78. The average Bonchev–Trinajstić information content (AvgIpc) is 2.79. The normalized spacial score (nSPS) is 27.7. The number of ether oxygens (including phenoxy) is 1. The maximum Gasteiger partial charge on any atom is 0.0535 e. The number of nitrogens with two attached hydrogens (primary N) is 1. The molecule has 1 aliphatic carbocycles. The van der Waals surface area contributed by atoms with Crippen LogP contribution < -0.4 is 5.73 Å². The predicted molar refractivity (Wildman–Crippen MR) is 64.3 cm³/mol. The third kappa shape index (κ3) is 1.66. The highest BCUT2D eigenvalue weighted by molar-refractivity contribution is 5.33. The summed E-state index contributed by atoms with van der Waals surface area (Å²) in [5, 5.41) is 0. The van der Waals surface area contributed by atoms with Gasteiger partial charge in [0.25, 0.3) is 0 Å². The van der Waals surface area contributed by atoms with Gasteiger partial charge in [-0.25, -0.2) is 0 Å². The zero-order valence-electron chi connectivity index (χ0n) is 9.61. The van der Waals surface area contributed by atoms with Gasteiger partial charge in [0.05, 0.1) is 6.61 Å². The Balaban J connectivity index is 1.87. The molecule has 1 aromatic rings. The summed E-state index contributed by atoms with van der Waals surface area (Å²) in [6.07, 6.45) is 4.70. The van der Waals surface area contributed by atoms with Gasteiger partial charge in [0.1, 0.15) is 0 Å². The van der Waals surface area contributed by atoms with Crippen molar-refractivity contribution < 1.29 is 4.74 Å². The van der Waals surface area contributed by atoms with E-state index in [2.05, 4.69) is 24.3 Å². The summed E-state index contributed by atoms with van der Waals surface area (Å²) in [4.78, 5) is 0. The maximum absolute atomic E-state index is 6.36. The fraction of sp³-hybridized carbons (Fsp3) is 0.571. The minimum absolute atomic E-state index is 0.0323. The Bertz CT molecular complexity index is 378. The molecular formula is C14H19NO. The minimum Gasteiger partial charge on any atom is -0.381 e. The molecule has 16 heavy (non-hydrogen) atoms. The van der Waals surface area contributed by atoms with E-state index in [0.717, 1.165) is 32.5 Å². The van der Waals surface area contributed by atoms with Crippen LogP contribution >= 0.6 is 0 Å². The topological polar surface area (TPSA) is 35.2 Å². The zero-order chi connectivity index (χ0) is 11.0. The van der Waals surface area contributed by atoms with Crippen LogP contribution in [0.2, 0.25) is 0 Å². The molecule has 1 aromatic carbocycles. The Morgan fingerprint density at radius 3 is 2.81 bits per heavy atom. The van der Waals surface area contributed by atoms with Gasteiger partial charge in [0.2, 0.25) is 0 Å². The van der Waals surface area contributed by atoms with E-state index in [1.807, 2.05) is 0 Å². The molecule has 2 fully saturated rings. The van der Waals surface area contributed by atoms with Crippen LogP contribution in [0.1, 0.15) is 42.7 Å². The Kier molecular flexibility index (Phi) is 2.49. The number of benzene rings is 1. The summed E-state index contributed by atoms with van der Waals surface area (Å²) in [5.41, 5.74) is 9.06. The van der Waals surface area contributed by atoms with E-state index >= 15 is 0 Å². The molecule has 1 unspecified atom stereocenters. The third-order valence-corrected chi connectivity index (χ3v) is 4.11. The van der Waals surface area contributed by atoms with Gasteiger partial charge < -0.3 is 10.5 Å². The van der Waals surface area contributed by atoms with Gasteiger partial charge in [-0.05, 0) is 36.8 Å². The Labute approximate surface area is 96.8 Å². The van der Waals surface area contributed by atoms with Crippen molar-refractivity contribution in [2.75, 3.05) is 13.2 Å². The van der Waals surface area contributed by atoms with Crippen LogP contribution in [0, 0.1) is 0 Å². The van der Waals surface area contributed by atoms with Crippen molar-refractivity contribution in [2.45, 2.75) is 37.1 Å². The molecule has 1 saturated carbocycles. The van der Waals surface area contributed by atoms with Crippen LogP contribution in [-0.2, 0) is 10.3 Å². The Morgan fingerprint density at radius 2 is 2.19 bits per heavy atom. The molecule has 1 saturated heterocycles. The molecule has 2 N–H and O–H groups in total. The highest BCUT2D eigenvalue weighted by atomic mass is 16.5. The van der Waals surface area contributed by atoms with Crippen LogP contribution in [0.5, 0.6) is 0 Å². The quantitative estimate of drug-likeness (QED) is 0.826. The molecule has 1 atom stereocenters. The van der Waals surface area contributed by atoms with E-state index in [1.54, 1.807) is 0 Å². The molecule has 0 spiro atoms. The van der Waals surface area contributed by atoms with E-state index in [9.17, 15) is 0 Å². The Morgan fingerprint density at radius 1 is 1.31 bits per heavy atom. The van der Waals surface area contributed by atoms with Gasteiger partial charge >= 0.3 is 0 Å². The molecule has 1 heterocycles. The standard InChI is InChI=1S/C14H19NO/c15-14(6-2-7-14)13-4-1-3-11(9-13)12-5-8-16-10-12/h1,3-4,9,12H,2,5-8,10,15H2. The molecule has 86 valence electrons. The lowest BCUT2D eigenvalue weighted by Gasteiger charge is -2.39. The highest BCUT2D eigenvalue weighted by Gasteiger charge is 2.34. The van der Waals surface area contributed by atoms with E-state index in [-0.39, 0.29) is 5.54 Å². The van der Waals surface area contributed by atoms with Gasteiger partial charge in [0.15, 0.2) is 0 Å². The molecular weight excluding hydrogens is 198 g/mol. The van der Waals surface area contributed by atoms with Crippen LogP contribution in [-0.4, -0.2) is 13.2 Å². The van der Waals surface area contributed by atoms with Crippen molar-refractivity contribution >= 4 is 0 Å². The largest absolute Gasteiger partial charge is 0.381 e. The van der Waals surface area contributed by atoms with Crippen LogP contribution in [0.25, 0.3) is 0 Å². The second kappa shape index (κ2) is 3.86. The first-order valence-corrected chi connectivity index (χ1v) is 6.25. The van der Waals surface area contributed by atoms with E-state index < -0.39 is 0 Å². The van der Waals surface area contributed by atoms with E-state index in [1.165, 1.54) is 17.5 Å². The van der Waals surface area contributed by atoms with Crippen molar-refractivity contribution in [1.82, 2.24) is 0 Å². The summed E-state index contributed by atoms with van der Waals surface area (Å²) in [6, 6.07) is 8.85. The van der Waals surface area contributed by atoms with Crippen LogP contribution in [0.15, 0.2) is 24.3 Å². The molecule has 0 radical (unpaired) electrons. The molecule has 1 aliphatic heterocycles. The van der Waals surface area contributed by atoms with Crippen molar-refractivity contribution in [3.63, 3.8) is 0 Å². The van der Waals surface area contributed by atoms with Gasteiger partial charge in [-0.2, -0.15) is 0 Å². The van der Waals surface area contributed by atoms with Crippen molar-refractivity contribution in [1.29, 1.82) is 0 Å². The first kappa shape index (κ1) is 10.3. The fourth-order valence-electron chi connectivity index (χ4n) is 2.75. The molecule has 2 aliphatic rings. The molecule has 2 nitrogen and oxygen atoms in total. The van der Waals surface area contributed by atoms with Crippen LogP contribution in [0.4, 0.5) is 0 Å². The highest BCUT2D eigenvalue weighted by Crippen LogP contribution is 2.39.